The molecule has 0 atom stereocenters. The van der Waals surface area contributed by atoms with Gasteiger partial charge in [-0.2, -0.15) is 0 Å². The van der Waals surface area contributed by atoms with E-state index in [1.54, 1.807) is 4.90 Å². The lowest BCUT2D eigenvalue weighted by molar-refractivity contribution is -0.880. The highest BCUT2D eigenvalue weighted by Gasteiger charge is 2.35. The molecule has 0 bridgehead atoms. The Balaban J connectivity index is 1.56. The van der Waals surface area contributed by atoms with Crippen molar-refractivity contribution in [1.82, 2.24) is 4.90 Å². The van der Waals surface area contributed by atoms with Gasteiger partial charge >= 0.3 is 0 Å². The second-order valence-corrected chi connectivity index (χ2v) is 8.68. The molecule has 0 unspecified atom stereocenters. The van der Waals surface area contributed by atoms with E-state index in [1.165, 1.54) is 17.7 Å². The minimum atomic E-state index is -0.116. The SMILES string of the molecule is C[NH+]1CCN(c2ccc3c4c(cccc24)C(=O)N(CC2CCCC2)C3=O)CC1. The average molecular weight is 378 g/mol. The second kappa shape index (κ2) is 6.89. The van der Waals surface area contributed by atoms with Crippen molar-refractivity contribution < 1.29 is 14.5 Å². The number of quaternary nitrogens is 1. The Hall–Kier alpha value is -2.40. The molecule has 1 N–H and O–H groups in total. The first-order chi connectivity index (χ1) is 13.6. The fourth-order valence-corrected chi connectivity index (χ4v) is 5.15. The van der Waals surface area contributed by atoms with Crippen molar-refractivity contribution in [3.8, 4) is 0 Å². The Bertz CT molecular complexity index is 918. The van der Waals surface area contributed by atoms with Crippen LogP contribution >= 0.6 is 0 Å². The van der Waals surface area contributed by atoms with Gasteiger partial charge in [0.1, 0.15) is 0 Å². The molecular formula is C23H28N3O2+. The quantitative estimate of drug-likeness (QED) is 0.831. The molecule has 2 aromatic carbocycles. The van der Waals surface area contributed by atoms with Crippen molar-refractivity contribution >= 4 is 28.3 Å². The van der Waals surface area contributed by atoms with E-state index in [1.807, 2.05) is 18.2 Å². The molecule has 0 spiro atoms. The lowest BCUT2D eigenvalue weighted by Crippen LogP contribution is -3.12. The molecule has 0 radical (unpaired) electrons. The van der Waals surface area contributed by atoms with Crippen LogP contribution in [0.25, 0.3) is 10.8 Å². The summed E-state index contributed by atoms with van der Waals surface area (Å²) in [6.07, 6.45) is 4.67. The maximum atomic E-state index is 13.2. The monoisotopic (exact) mass is 378 g/mol. The number of hydrogen-bond acceptors (Lipinski definition) is 3. The van der Waals surface area contributed by atoms with E-state index in [4.69, 9.17) is 0 Å². The normalized spacial score (nSPS) is 21.2. The minimum absolute atomic E-state index is 0.116. The number of likely N-dealkylation sites (N-methyl/N-ethyl adjacent to an activating group) is 1. The number of nitrogens with one attached hydrogen (secondary N) is 1. The largest absolute Gasteiger partial charge is 0.360 e. The highest BCUT2D eigenvalue weighted by Crippen LogP contribution is 2.37. The van der Waals surface area contributed by atoms with Crippen molar-refractivity contribution in [2.45, 2.75) is 25.7 Å². The molecule has 0 aromatic heterocycles. The maximum Gasteiger partial charge on any atom is 0.261 e. The molecule has 5 heteroatoms. The van der Waals surface area contributed by atoms with Gasteiger partial charge in [-0.3, -0.25) is 14.5 Å². The Morgan fingerprint density at radius 3 is 2.36 bits per heavy atom. The van der Waals surface area contributed by atoms with Crippen LogP contribution in [0.15, 0.2) is 30.3 Å². The molecule has 1 aliphatic carbocycles. The molecule has 2 aromatic rings. The number of anilines is 1. The van der Waals surface area contributed by atoms with Gasteiger partial charge in [0.2, 0.25) is 0 Å². The lowest BCUT2D eigenvalue weighted by atomic mass is 9.92. The number of carbonyl (C=O) groups is 2. The number of carbonyl (C=O) groups excluding carboxylic acids is 2. The molecule has 146 valence electrons. The Labute approximate surface area is 165 Å². The summed E-state index contributed by atoms with van der Waals surface area (Å²) in [5.41, 5.74) is 2.52. The predicted molar refractivity (Wildman–Crippen MR) is 110 cm³/mol. The highest BCUT2D eigenvalue weighted by atomic mass is 16.2. The van der Waals surface area contributed by atoms with Gasteiger partial charge < -0.3 is 9.80 Å². The smallest absolute Gasteiger partial charge is 0.261 e. The van der Waals surface area contributed by atoms with Crippen LogP contribution in [-0.2, 0) is 0 Å². The zero-order chi connectivity index (χ0) is 19.3. The fraction of sp³-hybridized carbons (Fsp3) is 0.478. The van der Waals surface area contributed by atoms with Gasteiger partial charge in [-0.1, -0.05) is 25.0 Å². The summed E-state index contributed by atoms with van der Waals surface area (Å²) in [5, 5.41) is 1.89. The summed E-state index contributed by atoms with van der Waals surface area (Å²) in [6, 6.07) is 9.95. The van der Waals surface area contributed by atoms with Crippen molar-refractivity contribution in [2.75, 3.05) is 44.7 Å². The molecule has 1 saturated carbocycles. The maximum absolute atomic E-state index is 13.2. The van der Waals surface area contributed by atoms with Crippen LogP contribution in [0.5, 0.6) is 0 Å². The lowest BCUT2D eigenvalue weighted by Gasteiger charge is -2.34. The summed E-state index contributed by atoms with van der Waals surface area (Å²) in [4.78, 5) is 31.9. The summed E-state index contributed by atoms with van der Waals surface area (Å²) in [5.74, 6) is 0.228. The standard InChI is InChI=1S/C23H27N3O2/c1-24-11-13-25(14-12-24)20-10-9-19-21-17(20)7-4-8-18(21)22(27)26(23(19)28)15-16-5-2-3-6-16/h4,7-10,16H,2-3,5-6,11-15H2,1H3/p+1. The van der Waals surface area contributed by atoms with Crippen molar-refractivity contribution in [3.63, 3.8) is 0 Å². The first-order valence-corrected chi connectivity index (χ1v) is 10.6. The molecule has 2 heterocycles. The van der Waals surface area contributed by atoms with Crippen LogP contribution < -0.4 is 9.80 Å². The molecule has 1 saturated heterocycles. The number of amides is 2. The second-order valence-electron chi connectivity index (χ2n) is 8.68. The van der Waals surface area contributed by atoms with Crippen LogP contribution in [0, 0.1) is 5.92 Å². The van der Waals surface area contributed by atoms with Crippen molar-refractivity contribution in [3.05, 3.63) is 41.5 Å². The number of imide groups is 1. The first-order valence-electron chi connectivity index (χ1n) is 10.6. The first kappa shape index (κ1) is 17.7. The summed E-state index contributed by atoms with van der Waals surface area (Å²) in [6.45, 7) is 4.78. The van der Waals surface area contributed by atoms with Crippen molar-refractivity contribution in [1.29, 1.82) is 0 Å². The molecule has 5 rings (SSSR count). The molecule has 28 heavy (non-hydrogen) atoms. The zero-order valence-corrected chi connectivity index (χ0v) is 16.5. The predicted octanol–water partition coefficient (Wildman–Crippen LogP) is 1.96. The number of piperazine rings is 1. The van der Waals surface area contributed by atoms with Crippen LogP contribution in [-0.4, -0.2) is 56.5 Å². The topological polar surface area (TPSA) is 45.1 Å². The van der Waals surface area contributed by atoms with Crippen LogP contribution in [0.4, 0.5) is 5.69 Å². The van der Waals surface area contributed by atoms with Gasteiger partial charge in [0, 0.05) is 34.1 Å². The number of nitrogens with zero attached hydrogens (tertiary/aromatic N) is 2. The molecule has 5 nitrogen and oxygen atoms in total. The third kappa shape index (κ3) is 2.80. The van der Waals surface area contributed by atoms with E-state index in [-0.39, 0.29) is 11.8 Å². The molecular weight excluding hydrogens is 350 g/mol. The summed E-state index contributed by atoms with van der Waals surface area (Å²) < 4.78 is 0. The molecule has 2 aliphatic heterocycles. The van der Waals surface area contributed by atoms with Crippen LogP contribution in [0.2, 0.25) is 0 Å². The highest BCUT2D eigenvalue weighted by molar-refractivity contribution is 6.26. The molecule has 2 amide bonds. The molecule has 3 aliphatic rings. The van der Waals surface area contributed by atoms with Gasteiger partial charge in [0.25, 0.3) is 11.8 Å². The third-order valence-electron chi connectivity index (χ3n) is 6.84. The van der Waals surface area contributed by atoms with Gasteiger partial charge in [-0.25, -0.2) is 0 Å². The van der Waals surface area contributed by atoms with Gasteiger partial charge in [-0.05, 0) is 37.0 Å². The van der Waals surface area contributed by atoms with Crippen LogP contribution in [0.1, 0.15) is 46.4 Å². The number of rotatable bonds is 3. The van der Waals surface area contributed by atoms with E-state index in [9.17, 15) is 9.59 Å². The zero-order valence-electron chi connectivity index (χ0n) is 16.5. The van der Waals surface area contributed by atoms with E-state index >= 15 is 0 Å². The average Bonchev–Trinajstić information content (AvgIpc) is 3.23. The Morgan fingerprint density at radius 2 is 1.64 bits per heavy atom. The van der Waals surface area contributed by atoms with Crippen molar-refractivity contribution in [2.24, 2.45) is 5.92 Å². The fourth-order valence-electron chi connectivity index (χ4n) is 5.15. The Morgan fingerprint density at radius 1 is 0.964 bits per heavy atom. The van der Waals surface area contributed by atoms with Gasteiger partial charge in [0.05, 0.1) is 33.2 Å². The Kier molecular flexibility index (Phi) is 4.35. The number of benzene rings is 2. The summed E-state index contributed by atoms with van der Waals surface area (Å²) >= 11 is 0. The van der Waals surface area contributed by atoms with Gasteiger partial charge in [-0.15, -0.1) is 0 Å². The summed E-state index contributed by atoms with van der Waals surface area (Å²) in [7, 11) is 2.23. The number of hydrogen-bond donors (Lipinski definition) is 1. The molecule has 2 fully saturated rings. The van der Waals surface area contributed by atoms with E-state index in [0.29, 0.717) is 23.6 Å². The van der Waals surface area contributed by atoms with E-state index in [0.717, 1.165) is 55.5 Å². The van der Waals surface area contributed by atoms with E-state index < -0.39 is 0 Å². The third-order valence-corrected chi connectivity index (χ3v) is 6.84. The van der Waals surface area contributed by atoms with E-state index in [2.05, 4.69) is 24.1 Å². The van der Waals surface area contributed by atoms with Gasteiger partial charge in [0.15, 0.2) is 0 Å². The van der Waals surface area contributed by atoms with Crippen LogP contribution in [0.3, 0.4) is 0 Å². The minimum Gasteiger partial charge on any atom is -0.360 e.